The van der Waals surface area contributed by atoms with Crippen LogP contribution < -0.4 is 5.32 Å². The van der Waals surface area contributed by atoms with Crippen LogP contribution in [0, 0.1) is 0 Å². The van der Waals surface area contributed by atoms with E-state index < -0.39 is 6.04 Å². The topological polar surface area (TPSA) is 90.7 Å². The number of carbonyl (C=O) groups is 2. The zero-order valence-electron chi connectivity index (χ0n) is 14.9. The number of phenols is 1. The molecule has 0 saturated carbocycles. The molecule has 2 N–H and O–H groups in total. The molecule has 1 aromatic heterocycles. The molecule has 0 radical (unpaired) electrons. The standard InChI is InChI=1S/C18H23N5O3/c1-19-16(14-11-20-21(2)12-14)18(26)23-8-6-22(7-9-23)17(25)13-4-3-5-15(24)10-13/h3-5,10-12,16,19,24H,6-9H2,1-2H3. The molecule has 1 fully saturated rings. The second-order valence-electron chi connectivity index (χ2n) is 6.34. The molecule has 0 aliphatic carbocycles. The van der Waals surface area contributed by atoms with Crippen molar-refractivity contribution in [1.82, 2.24) is 24.9 Å². The number of nitrogens with one attached hydrogen (secondary N) is 1. The Balaban J connectivity index is 1.62. The maximum atomic E-state index is 12.8. The molecule has 1 aliphatic rings. The van der Waals surface area contributed by atoms with Gasteiger partial charge in [0.2, 0.25) is 5.91 Å². The maximum absolute atomic E-state index is 12.8. The average Bonchev–Trinajstić information content (AvgIpc) is 3.08. The highest BCUT2D eigenvalue weighted by Gasteiger charge is 2.30. The van der Waals surface area contributed by atoms with Crippen LogP contribution in [0.1, 0.15) is 22.0 Å². The molecule has 1 unspecified atom stereocenters. The number of amides is 2. The lowest BCUT2D eigenvalue weighted by Crippen LogP contribution is -2.52. The van der Waals surface area contributed by atoms with Crippen LogP contribution in [0.4, 0.5) is 0 Å². The van der Waals surface area contributed by atoms with E-state index in [4.69, 9.17) is 0 Å². The first kappa shape index (κ1) is 17.9. The predicted molar refractivity (Wildman–Crippen MR) is 95.6 cm³/mol. The van der Waals surface area contributed by atoms with Crippen molar-refractivity contribution < 1.29 is 14.7 Å². The molecule has 3 rings (SSSR count). The third-order valence-corrected chi connectivity index (χ3v) is 4.57. The first-order chi connectivity index (χ1) is 12.5. The van der Waals surface area contributed by atoms with Crippen molar-refractivity contribution in [3.05, 3.63) is 47.8 Å². The van der Waals surface area contributed by atoms with Gasteiger partial charge in [-0.2, -0.15) is 5.10 Å². The van der Waals surface area contributed by atoms with E-state index in [2.05, 4.69) is 10.4 Å². The van der Waals surface area contributed by atoms with Gasteiger partial charge in [0, 0.05) is 50.6 Å². The fourth-order valence-corrected chi connectivity index (χ4v) is 3.16. The molecule has 8 heteroatoms. The number of hydrogen-bond acceptors (Lipinski definition) is 5. The lowest BCUT2D eigenvalue weighted by atomic mass is 10.1. The van der Waals surface area contributed by atoms with Crippen molar-refractivity contribution in [2.75, 3.05) is 33.2 Å². The zero-order valence-corrected chi connectivity index (χ0v) is 14.9. The van der Waals surface area contributed by atoms with Crippen molar-refractivity contribution in [3.63, 3.8) is 0 Å². The Labute approximate surface area is 152 Å². The lowest BCUT2D eigenvalue weighted by molar-refractivity contribution is -0.135. The summed E-state index contributed by atoms with van der Waals surface area (Å²) in [5, 5.41) is 16.7. The van der Waals surface area contributed by atoms with E-state index in [1.165, 1.54) is 12.1 Å². The molecule has 2 aromatic rings. The minimum atomic E-state index is -0.447. The molecule has 0 spiro atoms. The molecule has 1 atom stereocenters. The summed E-state index contributed by atoms with van der Waals surface area (Å²) in [6.45, 7) is 1.87. The van der Waals surface area contributed by atoms with Crippen molar-refractivity contribution in [1.29, 1.82) is 0 Å². The highest BCUT2D eigenvalue weighted by molar-refractivity contribution is 5.94. The normalized spacial score (nSPS) is 15.8. The Kier molecular flexibility index (Phi) is 5.22. The van der Waals surface area contributed by atoms with Crippen molar-refractivity contribution in [2.45, 2.75) is 6.04 Å². The summed E-state index contributed by atoms with van der Waals surface area (Å²) in [6.07, 6.45) is 3.50. The first-order valence-corrected chi connectivity index (χ1v) is 8.52. The second-order valence-corrected chi connectivity index (χ2v) is 6.34. The highest BCUT2D eigenvalue weighted by Crippen LogP contribution is 2.18. The molecule has 2 heterocycles. The van der Waals surface area contributed by atoms with Gasteiger partial charge in [0.25, 0.3) is 5.91 Å². The Morgan fingerprint density at radius 3 is 2.46 bits per heavy atom. The van der Waals surface area contributed by atoms with E-state index in [-0.39, 0.29) is 17.6 Å². The molecule has 8 nitrogen and oxygen atoms in total. The quantitative estimate of drug-likeness (QED) is 0.825. The van der Waals surface area contributed by atoms with Gasteiger partial charge in [-0.25, -0.2) is 0 Å². The monoisotopic (exact) mass is 357 g/mol. The summed E-state index contributed by atoms with van der Waals surface area (Å²) < 4.78 is 1.67. The van der Waals surface area contributed by atoms with E-state index in [1.807, 2.05) is 13.2 Å². The molecule has 2 amide bonds. The number of aryl methyl sites for hydroxylation is 1. The lowest BCUT2D eigenvalue weighted by Gasteiger charge is -2.36. The van der Waals surface area contributed by atoms with Gasteiger partial charge in [0.05, 0.1) is 6.20 Å². The summed E-state index contributed by atoms with van der Waals surface area (Å²) >= 11 is 0. The predicted octanol–water partition coefficient (Wildman–Crippen LogP) is 0.371. The number of aromatic hydroxyl groups is 1. The number of phenolic OH excluding ortho intramolecular Hbond substituents is 1. The number of piperazine rings is 1. The van der Waals surface area contributed by atoms with Gasteiger partial charge in [0.1, 0.15) is 11.8 Å². The van der Waals surface area contributed by atoms with E-state index in [1.54, 1.807) is 39.9 Å². The van der Waals surface area contributed by atoms with Crippen LogP contribution in [-0.4, -0.2) is 69.7 Å². The largest absolute Gasteiger partial charge is 0.508 e. The van der Waals surface area contributed by atoms with Crippen LogP contribution in [0.15, 0.2) is 36.7 Å². The zero-order chi connectivity index (χ0) is 18.7. The summed E-state index contributed by atoms with van der Waals surface area (Å²) in [5.74, 6) is -0.0895. The molecule has 1 saturated heterocycles. The van der Waals surface area contributed by atoms with Crippen molar-refractivity contribution in [2.24, 2.45) is 7.05 Å². The minimum absolute atomic E-state index is 0.0232. The minimum Gasteiger partial charge on any atom is -0.508 e. The molecule has 138 valence electrons. The smallest absolute Gasteiger partial charge is 0.254 e. The second kappa shape index (κ2) is 7.57. The Morgan fingerprint density at radius 2 is 1.88 bits per heavy atom. The van der Waals surface area contributed by atoms with Gasteiger partial charge < -0.3 is 20.2 Å². The van der Waals surface area contributed by atoms with Gasteiger partial charge in [-0.05, 0) is 25.2 Å². The number of likely N-dealkylation sites (N-methyl/N-ethyl adjacent to an activating group) is 1. The summed E-state index contributed by atoms with van der Waals surface area (Å²) in [7, 11) is 3.56. The van der Waals surface area contributed by atoms with E-state index in [9.17, 15) is 14.7 Å². The fourth-order valence-electron chi connectivity index (χ4n) is 3.16. The number of nitrogens with zero attached hydrogens (tertiary/aromatic N) is 4. The number of aromatic nitrogens is 2. The molecule has 0 bridgehead atoms. The molecular weight excluding hydrogens is 334 g/mol. The summed E-state index contributed by atoms with van der Waals surface area (Å²) in [6, 6.07) is 5.87. The molecule has 1 aliphatic heterocycles. The van der Waals surface area contributed by atoms with Crippen LogP contribution in [-0.2, 0) is 11.8 Å². The van der Waals surface area contributed by atoms with Crippen LogP contribution in [0.2, 0.25) is 0 Å². The van der Waals surface area contributed by atoms with Gasteiger partial charge in [-0.3, -0.25) is 14.3 Å². The van der Waals surface area contributed by atoms with Gasteiger partial charge >= 0.3 is 0 Å². The fraction of sp³-hybridized carbons (Fsp3) is 0.389. The van der Waals surface area contributed by atoms with Crippen LogP contribution in [0.5, 0.6) is 5.75 Å². The summed E-state index contributed by atoms with van der Waals surface area (Å²) in [5.41, 5.74) is 1.27. The van der Waals surface area contributed by atoms with E-state index >= 15 is 0 Å². The number of benzene rings is 1. The van der Waals surface area contributed by atoms with Gasteiger partial charge in [-0.1, -0.05) is 6.07 Å². The van der Waals surface area contributed by atoms with Crippen molar-refractivity contribution in [3.8, 4) is 5.75 Å². The summed E-state index contributed by atoms with van der Waals surface area (Å²) in [4.78, 5) is 28.8. The van der Waals surface area contributed by atoms with Crippen LogP contribution >= 0.6 is 0 Å². The highest BCUT2D eigenvalue weighted by atomic mass is 16.3. The average molecular weight is 357 g/mol. The first-order valence-electron chi connectivity index (χ1n) is 8.52. The Morgan fingerprint density at radius 1 is 1.19 bits per heavy atom. The molecule has 1 aromatic carbocycles. The van der Waals surface area contributed by atoms with Crippen LogP contribution in [0.25, 0.3) is 0 Å². The van der Waals surface area contributed by atoms with Gasteiger partial charge in [-0.15, -0.1) is 0 Å². The Bertz CT molecular complexity index is 796. The third-order valence-electron chi connectivity index (χ3n) is 4.57. The van der Waals surface area contributed by atoms with Gasteiger partial charge in [0.15, 0.2) is 0 Å². The van der Waals surface area contributed by atoms with E-state index in [0.29, 0.717) is 31.7 Å². The number of hydrogen-bond donors (Lipinski definition) is 2. The SMILES string of the molecule is CNC(C(=O)N1CCN(C(=O)c2cccc(O)c2)CC1)c1cnn(C)c1. The maximum Gasteiger partial charge on any atom is 0.254 e. The van der Waals surface area contributed by atoms with Crippen molar-refractivity contribution >= 4 is 11.8 Å². The Hall–Kier alpha value is -2.87. The van der Waals surface area contributed by atoms with E-state index in [0.717, 1.165) is 5.56 Å². The molecule has 26 heavy (non-hydrogen) atoms. The van der Waals surface area contributed by atoms with Crippen LogP contribution in [0.3, 0.4) is 0 Å². The third kappa shape index (κ3) is 3.70. The number of rotatable bonds is 4. The molecular formula is C18H23N5O3. The number of carbonyl (C=O) groups excluding carboxylic acids is 2.